The lowest BCUT2D eigenvalue weighted by Gasteiger charge is -2.48. The summed E-state index contributed by atoms with van der Waals surface area (Å²) in [5.74, 6) is -7.11. The summed E-state index contributed by atoms with van der Waals surface area (Å²) in [4.78, 5) is 27.6. The van der Waals surface area contributed by atoms with Gasteiger partial charge in [-0.3, -0.25) is 4.79 Å². The lowest BCUT2D eigenvalue weighted by molar-refractivity contribution is -0.388. The summed E-state index contributed by atoms with van der Waals surface area (Å²) < 4.78 is 68.9. The summed E-state index contributed by atoms with van der Waals surface area (Å²) in [7, 11) is 0. The van der Waals surface area contributed by atoms with Gasteiger partial charge in [0.15, 0.2) is 42.2 Å². The number of carbonyl (C=O) groups excluding carboxylic acids is 1. The maximum Gasteiger partial charge on any atom is 0.330 e. The first-order chi connectivity index (χ1) is 40.3. The Bertz CT molecular complexity index is 3030. The molecule has 5 fully saturated rings. The Hall–Kier alpha value is -6.16. The number of hydrogen-bond donors (Lipinski definition) is 18. The molecule has 18 N–H and O–H groups in total. The fourth-order valence-corrected chi connectivity index (χ4v) is 9.93. The molecule has 5 aliphatic heterocycles. The Morgan fingerprint density at radius 1 is 0.553 bits per heavy atom. The van der Waals surface area contributed by atoms with Crippen LogP contribution >= 0.6 is 0 Å². The lowest BCUT2D eigenvalue weighted by atomic mass is 9.96. The third-order valence-corrected chi connectivity index (χ3v) is 14.8. The smallest absolute Gasteiger partial charge is 0.330 e. The molecular formula is C53H64O32. The van der Waals surface area contributed by atoms with Gasteiger partial charge in [0.25, 0.3) is 0 Å². The topological polar surface area (TPSA) is 513 Å². The molecule has 85 heavy (non-hydrogen) atoms. The van der Waals surface area contributed by atoms with Gasteiger partial charge in [-0.05, 0) is 49.8 Å². The van der Waals surface area contributed by atoms with Crippen molar-refractivity contribution < 1.29 is 153 Å². The second kappa shape index (κ2) is 26.0. The molecule has 0 radical (unpaired) electrons. The monoisotopic (exact) mass is 1210 g/mol. The van der Waals surface area contributed by atoms with Gasteiger partial charge in [-0.1, -0.05) is 12.1 Å². The van der Waals surface area contributed by atoms with E-state index in [2.05, 4.69) is 0 Å². The van der Waals surface area contributed by atoms with Crippen LogP contribution in [0.4, 0.5) is 0 Å². The summed E-state index contributed by atoms with van der Waals surface area (Å²) in [6, 6.07) is 8.91. The third kappa shape index (κ3) is 13.1. The molecule has 24 atom stereocenters. The van der Waals surface area contributed by atoms with E-state index in [-0.39, 0.29) is 5.75 Å². The average Bonchev–Trinajstić information content (AvgIpc) is 2.62. The van der Waals surface area contributed by atoms with Crippen LogP contribution in [0.15, 0.2) is 63.8 Å². The van der Waals surface area contributed by atoms with E-state index in [4.69, 9.17) is 56.5 Å². The zero-order valence-electron chi connectivity index (χ0n) is 44.5. The lowest BCUT2D eigenvalue weighted by Crippen LogP contribution is -2.67. The van der Waals surface area contributed by atoms with Crippen LogP contribution in [0.3, 0.4) is 0 Å². The molecule has 9 rings (SSSR count). The number of rotatable bonds is 16. The molecule has 0 spiro atoms. The first-order valence-corrected chi connectivity index (χ1v) is 26.3. The molecule has 6 heterocycles. The van der Waals surface area contributed by atoms with Crippen LogP contribution in [0, 0.1) is 0 Å². The van der Waals surface area contributed by atoms with Crippen LogP contribution in [-0.4, -0.2) is 265 Å². The second-order valence-electron chi connectivity index (χ2n) is 20.7. The minimum atomic E-state index is -2.23. The second-order valence-corrected chi connectivity index (χ2v) is 20.7. The molecule has 5 saturated heterocycles. The number of aliphatic hydroxyl groups is 13. The van der Waals surface area contributed by atoms with Gasteiger partial charge in [-0.25, -0.2) is 4.79 Å². The average molecular weight is 1210 g/mol. The molecule has 0 saturated carbocycles. The highest BCUT2D eigenvalue weighted by Crippen LogP contribution is 2.45. The molecule has 3 aromatic carbocycles. The summed E-state index contributed by atoms with van der Waals surface area (Å²) in [5.41, 5.74) is -1.83. The summed E-state index contributed by atoms with van der Waals surface area (Å²) in [6.45, 7) is 0.221. The van der Waals surface area contributed by atoms with Crippen molar-refractivity contribution in [1.82, 2.24) is 0 Å². The molecule has 1 aromatic heterocycles. The van der Waals surface area contributed by atoms with Crippen LogP contribution in [0.5, 0.6) is 40.2 Å². The van der Waals surface area contributed by atoms with Crippen LogP contribution in [0.1, 0.15) is 19.4 Å². The zero-order valence-corrected chi connectivity index (χ0v) is 44.5. The largest absolute Gasteiger partial charge is 0.508 e. The first-order valence-electron chi connectivity index (χ1n) is 26.3. The number of aromatic hydroxyl groups is 5. The highest BCUT2D eigenvalue weighted by atomic mass is 16.8. The summed E-state index contributed by atoms with van der Waals surface area (Å²) in [6.07, 6.45) is -42.6. The van der Waals surface area contributed by atoms with E-state index in [1.54, 1.807) is 0 Å². The summed E-state index contributed by atoms with van der Waals surface area (Å²) in [5, 5.41) is 194. The predicted octanol–water partition coefficient (Wildman–Crippen LogP) is -5.22. The molecule has 0 amide bonds. The molecule has 4 aromatic rings. The number of carbonyl (C=O) groups is 1. The van der Waals surface area contributed by atoms with Crippen molar-refractivity contribution in [2.45, 2.75) is 161 Å². The molecule has 32 heteroatoms. The Morgan fingerprint density at radius 2 is 1.09 bits per heavy atom. The quantitative estimate of drug-likeness (QED) is 0.0368. The molecule has 32 nitrogen and oxygen atoms in total. The number of fused-ring (bicyclic) bond motifs is 1. The van der Waals surface area contributed by atoms with E-state index in [1.165, 1.54) is 44.2 Å². The van der Waals surface area contributed by atoms with Gasteiger partial charge in [0, 0.05) is 23.8 Å². The molecule has 9 unspecified atom stereocenters. The van der Waals surface area contributed by atoms with Gasteiger partial charge in [0.2, 0.25) is 29.5 Å². The van der Waals surface area contributed by atoms with Gasteiger partial charge in [0.05, 0.1) is 25.4 Å². The van der Waals surface area contributed by atoms with Crippen LogP contribution in [0.25, 0.3) is 28.4 Å². The Kier molecular flexibility index (Phi) is 19.4. The van der Waals surface area contributed by atoms with Crippen molar-refractivity contribution in [1.29, 1.82) is 0 Å². The first kappa shape index (κ1) is 63.3. The number of phenols is 5. The van der Waals surface area contributed by atoms with Crippen molar-refractivity contribution in [3.63, 3.8) is 0 Å². The molecular weight excluding hydrogens is 1150 g/mol. The SMILES string of the molecule is CC1O[C@@H](O[C@@H]2CO[C@@H](Oc3c(O)cc(-c4oc5cc(O)cc(O)c5c(=O)c4O[C@@H]4OC(C)[C@H](O)[C@H](O)C4O[C@@H]4OC(COC(=O)/C=C/c5ccc(O)cc5)[C@@H](O)[C@@H](O)C4O[C@@H]4OC(CO)[C@@H](O)[C@@H](O)C4O)cc3O)C(O)[C@@H]2O)C(O)[C@@H](O)[C@H]1O. The van der Waals surface area contributed by atoms with Gasteiger partial charge >= 0.3 is 5.97 Å². The number of esters is 1. The highest BCUT2D eigenvalue weighted by molar-refractivity contribution is 5.89. The minimum Gasteiger partial charge on any atom is -0.508 e. The number of hydrogen-bond acceptors (Lipinski definition) is 32. The Balaban J connectivity index is 1.02. The van der Waals surface area contributed by atoms with Crippen molar-refractivity contribution in [2.75, 3.05) is 19.8 Å². The normalized spacial score (nSPS) is 38.1. The van der Waals surface area contributed by atoms with Crippen LogP contribution in [-0.2, 0) is 47.4 Å². The van der Waals surface area contributed by atoms with Crippen LogP contribution < -0.4 is 14.9 Å². The maximum absolute atomic E-state index is 14.7. The van der Waals surface area contributed by atoms with E-state index in [0.717, 1.165) is 30.3 Å². The summed E-state index contributed by atoms with van der Waals surface area (Å²) >= 11 is 0. The predicted molar refractivity (Wildman–Crippen MR) is 273 cm³/mol. The van der Waals surface area contributed by atoms with Crippen molar-refractivity contribution >= 4 is 23.0 Å². The van der Waals surface area contributed by atoms with E-state index < -0.39 is 235 Å². The van der Waals surface area contributed by atoms with E-state index in [1.807, 2.05) is 0 Å². The fraction of sp³-hybridized carbons (Fsp3) is 0.547. The minimum absolute atomic E-state index is 0.0524. The Labute approximate surface area is 478 Å². The van der Waals surface area contributed by atoms with E-state index in [0.29, 0.717) is 5.56 Å². The maximum atomic E-state index is 14.7. The van der Waals surface area contributed by atoms with Gasteiger partial charge in [-0.15, -0.1) is 0 Å². The zero-order chi connectivity index (χ0) is 61.6. The number of phenolic OH excluding ortho intramolecular Hbond substituents is 5. The van der Waals surface area contributed by atoms with Crippen molar-refractivity contribution in [2.24, 2.45) is 0 Å². The highest BCUT2D eigenvalue weighted by Gasteiger charge is 2.55. The number of aliphatic hydroxyl groups excluding tert-OH is 13. The van der Waals surface area contributed by atoms with Gasteiger partial charge < -0.3 is 148 Å². The standard InChI is InChI=1S/C53H64O32/c1-16-31(61)37(67)42(72)50(76-16)80-28-15-75-49(41(71)35(28)65)82-45-23(58)9-19(10-24(45)59)44-46(36(66)30-22(57)11-21(56)12-25(30)78-44)83-52-47(39(69)32(62)17(2)77-52)85-53-48(84-51-43(73)38(68)33(63)26(13-54)79-51)40(70)34(64)27(81-53)14-74-29(60)8-5-18-3-6-20(55)7-4-18/h3-12,16-17,26-28,31-35,37-43,47-59,61-65,67-73H,13-15H2,1-2H3/b8-5+/t16?,17?,26?,27?,28-,31+,32+,33-,34-,35-,37+,38-,39+,40-,41?,42?,43?,47?,48?,49+,50+,51+,52+,53+/m1/s1. The molecule has 0 bridgehead atoms. The van der Waals surface area contributed by atoms with Gasteiger partial charge in [0.1, 0.15) is 132 Å². The van der Waals surface area contributed by atoms with Gasteiger partial charge in [-0.2, -0.15) is 0 Å². The molecule has 5 aliphatic rings. The van der Waals surface area contributed by atoms with Crippen LogP contribution in [0.2, 0.25) is 0 Å². The van der Waals surface area contributed by atoms with Crippen molar-refractivity contribution in [3.05, 3.63) is 70.4 Å². The number of benzene rings is 3. The van der Waals surface area contributed by atoms with Crippen molar-refractivity contribution in [3.8, 4) is 51.6 Å². The van der Waals surface area contributed by atoms with E-state index in [9.17, 15) is 102 Å². The Morgan fingerprint density at radius 3 is 1.75 bits per heavy atom. The fourth-order valence-electron chi connectivity index (χ4n) is 9.93. The number of ether oxygens (including phenoxy) is 11. The van der Waals surface area contributed by atoms with E-state index >= 15 is 0 Å². The molecule has 0 aliphatic carbocycles. The molecule has 468 valence electrons. The third-order valence-electron chi connectivity index (χ3n) is 14.8.